The summed E-state index contributed by atoms with van der Waals surface area (Å²) in [5.74, 6) is -2.80. The summed E-state index contributed by atoms with van der Waals surface area (Å²) in [5, 5.41) is 20.3. The van der Waals surface area contributed by atoms with E-state index >= 15 is 0 Å². The molecule has 1 rings (SSSR count). The fourth-order valence-corrected chi connectivity index (χ4v) is 1.56. The summed E-state index contributed by atoms with van der Waals surface area (Å²) >= 11 is 0. The lowest BCUT2D eigenvalue weighted by Crippen LogP contribution is -2.44. The molecule has 1 amide bonds. The Bertz CT molecular complexity index is 507. The molecule has 1 aromatic carbocycles. The number of rotatable bonds is 6. The van der Waals surface area contributed by atoms with Crippen molar-refractivity contribution in [2.75, 3.05) is 0 Å². The first-order valence-electron chi connectivity index (χ1n) is 6.16. The van der Waals surface area contributed by atoms with Crippen LogP contribution in [0, 0.1) is 5.92 Å². The van der Waals surface area contributed by atoms with E-state index in [0.717, 1.165) is 0 Å². The summed E-state index contributed by atoms with van der Waals surface area (Å²) in [5.41, 5.74) is 0.776. The SMILES string of the molecule is CC(C)C(=O)N[C@@H](Cc1ccc(C(=O)O)cc1)C(=O)O. The highest BCUT2D eigenvalue weighted by atomic mass is 16.4. The van der Waals surface area contributed by atoms with Crippen LogP contribution in [-0.4, -0.2) is 34.1 Å². The lowest BCUT2D eigenvalue weighted by atomic mass is 10.0. The number of aromatic carboxylic acids is 1. The van der Waals surface area contributed by atoms with Gasteiger partial charge in [0.15, 0.2) is 0 Å². The second-order valence-electron chi connectivity index (χ2n) is 4.76. The van der Waals surface area contributed by atoms with Gasteiger partial charge in [0.25, 0.3) is 0 Å². The number of aliphatic carboxylic acids is 1. The Labute approximate surface area is 116 Å². The second-order valence-corrected chi connectivity index (χ2v) is 4.76. The van der Waals surface area contributed by atoms with E-state index in [-0.39, 0.29) is 23.8 Å². The van der Waals surface area contributed by atoms with Crippen molar-refractivity contribution in [3.8, 4) is 0 Å². The van der Waals surface area contributed by atoms with Gasteiger partial charge in [0, 0.05) is 12.3 Å². The fraction of sp³-hybridized carbons (Fsp3) is 0.357. The van der Waals surface area contributed by atoms with E-state index in [1.54, 1.807) is 26.0 Å². The molecule has 0 bridgehead atoms. The molecule has 6 heteroatoms. The molecular formula is C14H17NO5. The molecule has 0 aliphatic carbocycles. The average Bonchev–Trinajstić information content (AvgIpc) is 2.38. The van der Waals surface area contributed by atoms with Crippen LogP contribution in [0.1, 0.15) is 29.8 Å². The monoisotopic (exact) mass is 279 g/mol. The number of hydrogen-bond acceptors (Lipinski definition) is 3. The van der Waals surface area contributed by atoms with Crippen LogP contribution in [0.4, 0.5) is 0 Å². The van der Waals surface area contributed by atoms with Crippen molar-refractivity contribution in [2.24, 2.45) is 5.92 Å². The van der Waals surface area contributed by atoms with E-state index in [0.29, 0.717) is 5.56 Å². The Hall–Kier alpha value is -2.37. The van der Waals surface area contributed by atoms with Crippen molar-refractivity contribution in [1.82, 2.24) is 5.32 Å². The quantitative estimate of drug-likeness (QED) is 0.724. The summed E-state index contributed by atoms with van der Waals surface area (Å²) in [6.07, 6.45) is 0.105. The summed E-state index contributed by atoms with van der Waals surface area (Å²) in [6, 6.07) is 4.87. The van der Waals surface area contributed by atoms with Crippen molar-refractivity contribution in [2.45, 2.75) is 26.3 Å². The first-order valence-corrected chi connectivity index (χ1v) is 6.16. The first-order chi connectivity index (χ1) is 9.31. The Morgan fingerprint density at radius 1 is 1.10 bits per heavy atom. The van der Waals surface area contributed by atoms with Crippen LogP contribution in [0.2, 0.25) is 0 Å². The number of benzene rings is 1. The van der Waals surface area contributed by atoms with Crippen molar-refractivity contribution in [3.05, 3.63) is 35.4 Å². The first kappa shape index (κ1) is 15.7. The lowest BCUT2D eigenvalue weighted by Gasteiger charge is -2.16. The molecule has 20 heavy (non-hydrogen) atoms. The van der Waals surface area contributed by atoms with Crippen LogP contribution in [-0.2, 0) is 16.0 Å². The van der Waals surface area contributed by atoms with Gasteiger partial charge in [-0.25, -0.2) is 9.59 Å². The Balaban J connectivity index is 2.78. The number of nitrogens with one attached hydrogen (secondary N) is 1. The number of hydrogen-bond donors (Lipinski definition) is 3. The molecule has 0 radical (unpaired) electrons. The Morgan fingerprint density at radius 2 is 1.65 bits per heavy atom. The molecule has 108 valence electrons. The van der Waals surface area contributed by atoms with Gasteiger partial charge in [0.2, 0.25) is 5.91 Å². The molecule has 0 fully saturated rings. The maximum absolute atomic E-state index is 11.5. The van der Waals surface area contributed by atoms with Crippen LogP contribution in [0.15, 0.2) is 24.3 Å². The predicted octanol–water partition coefficient (Wildman–Crippen LogP) is 1.15. The highest BCUT2D eigenvalue weighted by Gasteiger charge is 2.21. The molecule has 0 aliphatic rings. The van der Waals surface area contributed by atoms with E-state index in [1.807, 2.05) is 0 Å². The van der Waals surface area contributed by atoms with Crippen molar-refractivity contribution in [3.63, 3.8) is 0 Å². The number of carboxylic acids is 2. The van der Waals surface area contributed by atoms with Gasteiger partial charge in [0.1, 0.15) is 6.04 Å². The lowest BCUT2D eigenvalue weighted by molar-refractivity contribution is -0.142. The summed E-state index contributed by atoms with van der Waals surface area (Å²) in [6.45, 7) is 3.35. The zero-order chi connectivity index (χ0) is 15.3. The molecule has 0 saturated heterocycles. The molecule has 0 aliphatic heterocycles. The van der Waals surface area contributed by atoms with Crippen molar-refractivity contribution in [1.29, 1.82) is 0 Å². The topological polar surface area (TPSA) is 104 Å². The second kappa shape index (κ2) is 6.70. The Morgan fingerprint density at radius 3 is 2.05 bits per heavy atom. The van der Waals surface area contributed by atoms with Gasteiger partial charge >= 0.3 is 11.9 Å². The van der Waals surface area contributed by atoms with E-state index < -0.39 is 18.0 Å². The molecule has 6 nitrogen and oxygen atoms in total. The standard InChI is InChI=1S/C14H17NO5/c1-8(2)12(16)15-11(14(19)20)7-9-3-5-10(6-4-9)13(17)18/h3-6,8,11H,7H2,1-2H3,(H,15,16)(H,17,18)(H,19,20)/t11-/m0/s1. The normalized spacial score (nSPS) is 11.9. The van der Waals surface area contributed by atoms with Gasteiger partial charge in [-0.15, -0.1) is 0 Å². The molecule has 0 heterocycles. The molecule has 0 unspecified atom stereocenters. The predicted molar refractivity (Wildman–Crippen MR) is 71.5 cm³/mol. The largest absolute Gasteiger partial charge is 0.480 e. The summed E-state index contributed by atoms with van der Waals surface area (Å²) < 4.78 is 0. The minimum absolute atomic E-state index is 0.105. The zero-order valence-electron chi connectivity index (χ0n) is 11.3. The summed E-state index contributed by atoms with van der Waals surface area (Å²) in [4.78, 5) is 33.4. The minimum Gasteiger partial charge on any atom is -0.480 e. The molecule has 0 spiro atoms. The maximum Gasteiger partial charge on any atom is 0.335 e. The molecular weight excluding hydrogens is 262 g/mol. The van der Waals surface area contributed by atoms with Crippen LogP contribution in [0.5, 0.6) is 0 Å². The van der Waals surface area contributed by atoms with Crippen LogP contribution in [0.25, 0.3) is 0 Å². The van der Waals surface area contributed by atoms with Gasteiger partial charge in [-0.05, 0) is 17.7 Å². The zero-order valence-corrected chi connectivity index (χ0v) is 11.3. The molecule has 0 aromatic heterocycles. The van der Waals surface area contributed by atoms with E-state index in [9.17, 15) is 14.4 Å². The van der Waals surface area contributed by atoms with Crippen molar-refractivity contribution < 1.29 is 24.6 Å². The minimum atomic E-state index is -1.12. The fourth-order valence-electron chi connectivity index (χ4n) is 1.56. The maximum atomic E-state index is 11.5. The summed E-state index contributed by atoms with van der Waals surface area (Å²) in [7, 11) is 0. The van der Waals surface area contributed by atoms with Gasteiger partial charge in [-0.2, -0.15) is 0 Å². The smallest absolute Gasteiger partial charge is 0.335 e. The Kier molecular flexibility index (Phi) is 5.25. The third-order valence-electron chi connectivity index (χ3n) is 2.78. The molecule has 3 N–H and O–H groups in total. The average molecular weight is 279 g/mol. The van der Waals surface area contributed by atoms with E-state index in [1.165, 1.54) is 12.1 Å². The highest BCUT2D eigenvalue weighted by Crippen LogP contribution is 2.08. The van der Waals surface area contributed by atoms with Gasteiger partial charge in [-0.3, -0.25) is 4.79 Å². The molecule has 1 aromatic rings. The van der Waals surface area contributed by atoms with Gasteiger partial charge in [0.05, 0.1) is 5.56 Å². The third-order valence-corrected chi connectivity index (χ3v) is 2.78. The highest BCUT2D eigenvalue weighted by molar-refractivity contribution is 5.87. The number of carboxylic acid groups (broad SMARTS) is 2. The third kappa shape index (κ3) is 4.38. The van der Waals surface area contributed by atoms with Crippen LogP contribution >= 0.6 is 0 Å². The van der Waals surface area contributed by atoms with E-state index in [4.69, 9.17) is 10.2 Å². The number of carbonyl (C=O) groups excluding carboxylic acids is 1. The van der Waals surface area contributed by atoms with Crippen LogP contribution in [0.3, 0.4) is 0 Å². The van der Waals surface area contributed by atoms with Crippen molar-refractivity contribution >= 4 is 17.8 Å². The molecule has 1 atom stereocenters. The van der Waals surface area contributed by atoms with Gasteiger partial charge in [-0.1, -0.05) is 26.0 Å². The van der Waals surface area contributed by atoms with Gasteiger partial charge < -0.3 is 15.5 Å². The number of amides is 1. The van der Waals surface area contributed by atoms with E-state index in [2.05, 4.69) is 5.32 Å². The molecule has 0 saturated carbocycles. The number of carbonyl (C=O) groups is 3. The van der Waals surface area contributed by atoms with Crippen LogP contribution < -0.4 is 5.32 Å².